The molecule has 0 aromatic rings. The molecule has 1 aliphatic rings. The highest BCUT2D eigenvalue weighted by Crippen LogP contribution is 2.31. The van der Waals surface area contributed by atoms with Crippen LogP contribution in [0.5, 0.6) is 0 Å². The standard InChI is InChI=1S/C16H28N2O4/c1-5-7-12-8-9-18(16(21)22)14(12)13(17-11(4)19)15(20)10(3)6-2/h5,7,10,12-15,20H,6,8-9H2,1-4H3,(H,17,19)(H,21,22)/t10-,12+,13+,14+,15-/m0/s1. The van der Waals surface area contributed by atoms with E-state index < -0.39 is 24.3 Å². The first-order valence-electron chi connectivity index (χ1n) is 7.91. The van der Waals surface area contributed by atoms with Crippen molar-refractivity contribution in [2.75, 3.05) is 6.54 Å². The minimum atomic E-state index is -1.01. The van der Waals surface area contributed by atoms with Gasteiger partial charge in [0.05, 0.1) is 18.2 Å². The Hall–Kier alpha value is -1.56. The zero-order valence-electron chi connectivity index (χ0n) is 13.8. The summed E-state index contributed by atoms with van der Waals surface area (Å²) in [5.41, 5.74) is 0. The summed E-state index contributed by atoms with van der Waals surface area (Å²) in [7, 11) is 0. The van der Waals surface area contributed by atoms with Crippen molar-refractivity contribution in [1.82, 2.24) is 10.2 Å². The van der Waals surface area contributed by atoms with Crippen LogP contribution in [-0.4, -0.2) is 51.8 Å². The fourth-order valence-electron chi connectivity index (χ4n) is 3.18. The maximum absolute atomic E-state index is 11.6. The highest BCUT2D eigenvalue weighted by atomic mass is 16.4. The predicted molar refractivity (Wildman–Crippen MR) is 84.5 cm³/mol. The average Bonchev–Trinajstić information content (AvgIpc) is 2.87. The van der Waals surface area contributed by atoms with Crippen molar-refractivity contribution in [3.63, 3.8) is 0 Å². The molecule has 0 aliphatic carbocycles. The van der Waals surface area contributed by atoms with Crippen LogP contribution >= 0.6 is 0 Å². The second-order valence-corrected chi connectivity index (χ2v) is 6.05. The molecule has 0 unspecified atom stereocenters. The maximum atomic E-state index is 11.6. The lowest BCUT2D eigenvalue weighted by atomic mass is 9.85. The lowest BCUT2D eigenvalue weighted by Gasteiger charge is -2.37. The lowest BCUT2D eigenvalue weighted by Crippen LogP contribution is -2.58. The van der Waals surface area contributed by atoms with Crippen LogP contribution < -0.4 is 5.32 Å². The van der Waals surface area contributed by atoms with Crippen molar-refractivity contribution in [1.29, 1.82) is 0 Å². The predicted octanol–water partition coefficient (Wildman–Crippen LogP) is 1.84. The third-order valence-electron chi connectivity index (χ3n) is 4.52. The molecular weight excluding hydrogens is 284 g/mol. The number of hydrogen-bond acceptors (Lipinski definition) is 3. The van der Waals surface area contributed by atoms with Crippen molar-refractivity contribution in [2.45, 2.75) is 58.7 Å². The van der Waals surface area contributed by atoms with Gasteiger partial charge in [-0.15, -0.1) is 0 Å². The largest absolute Gasteiger partial charge is 0.465 e. The van der Waals surface area contributed by atoms with E-state index in [1.165, 1.54) is 11.8 Å². The summed E-state index contributed by atoms with van der Waals surface area (Å²) in [4.78, 5) is 24.4. The minimum absolute atomic E-state index is 0.00310. The Morgan fingerprint density at radius 3 is 2.55 bits per heavy atom. The first kappa shape index (κ1) is 18.5. The quantitative estimate of drug-likeness (QED) is 0.653. The topological polar surface area (TPSA) is 89.9 Å². The molecule has 0 aromatic heterocycles. The molecule has 1 saturated heterocycles. The summed E-state index contributed by atoms with van der Waals surface area (Å²) in [5.74, 6) is -0.292. The van der Waals surface area contributed by atoms with Gasteiger partial charge in [0.2, 0.25) is 5.91 Å². The Labute approximate surface area is 132 Å². The highest BCUT2D eigenvalue weighted by Gasteiger charge is 2.44. The Morgan fingerprint density at radius 1 is 1.45 bits per heavy atom. The molecule has 1 aliphatic heterocycles. The van der Waals surface area contributed by atoms with Gasteiger partial charge in [0, 0.05) is 19.4 Å². The van der Waals surface area contributed by atoms with Gasteiger partial charge in [0.1, 0.15) is 0 Å². The molecule has 0 saturated carbocycles. The van der Waals surface area contributed by atoms with E-state index in [-0.39, 0.29) is 17.7 Å². The number of aliphatic hydroxyl groups is 1. The van der Waals surface area contributed by atoms with Gasteiger partial charge in [0.25, 0.3) is 0 Å². The minimum Gasteiger partial charge on any atom is -0.465 e. The number of hydrogen-bond donors (Lipinski definition) is 3. The average molecular weight is 312 g/mol. The van der Waals surface area contributed by atoms with Gasteiger partial charge in [-0.3, -0.25) is 4.79 Å². The number of nitrogens with one attached hydrogen (secondary N) is 1. The Bertz CT molecular complexity index is 424. The van der Waals surface area contributed by atoms with Crippen molar-refractivity contribution < 1.29 is 19.8 Å². The first-order chi connectivity index (χ1) is 10.3. The van der Waals surface area contributed by atoms with Gasteiger partial charge in [0.15, 0.2) is 0 Å². The molecule has 5 atom stereocenters. The van der Waals surface area contributed by atoms with Crippen LogP contribution in [0.25, 0.3) is 0 Å². The summed E-state index contributed by atoms with van der Waals surface area (Å²) in [6.45, 7) is 7.56. The molecule has 6 heteroatoms. The number of carboxylic acid groups (broad SMARTS) is 1. The van der Waals surface area contributed by atoms with E-state index in [1.807, 2.05) is 32.9 Å². The van der Waals surface area contributed by atoms with Crippen LogP contribution in [0.4, 0.5) is 4.79 Å². The van der Waals surface area contributed by atoms with E-state index >= 15 is 0 Å². The summed E-state index contributed by atoms with van der Waals surface area (Å²) in [5, 5.41) is 22.8. The monoisotopic (exact) mass is 312 g/mol. The first-order valence-corrected chi connectivity index (χ1v) is 7.91. The summed E-state index contributed by atoms with van der Waals surface area (Å²) < 4.78 is 0. The van der Waals surface area contributed by atoms with Crippen molar-refractivity contribution >= 4 is 12.0 Å². The van der Waals surface area contributed by atoms with Gasteiger partial charge in [-0.25, -0.2) is 4.79 Å². The van der Waals surface area contributed by atoms with Crippen LogP contribution in [-0.2, 0) is 4.79 Å². The molecule has 2 amide bonds. The van der Waals surface area contributed by atoms with E-state index in [4.69, 9.17) is 0 Å². The molecular formula is C16H28N2O4. The molecule has 1 heterocycles. The SMILES string of the molecule is CC=C[C@@H]1CCN(C(=O)O)[C@H]1[C@@H](NC(C)=O)[C@@H](O)[C@@H](C)CC. The highest BCUT2D eigenvalue weighted by molar-refractivity contribution is 5.73. The van der Waals surface area contributed by atoms with Crippen LogP contribution in [0.15, 0.2) is 12.2 Å². The number of likely N-dealkylation sites (tertiary alicyclic amines) is 1. The van der Waals surface area contributed by atoms with Gasteiger partial charge < -0.3 is 20.4 Å². The molecule has 0 radical (unpaired) electrons. The zero-order chi connectivity index (χ0) is 16.9. The number of rotatable bonds is 6. The van der Waals surface area contributed by atoms with Crippen molar-refractivity contribution in [3.05, 3.63) is 12.2 Å². The van der Waals surface area contributed by atoms with Gasteiger partial charge in [-0.05, 0) is 19.3 Å². The molecule has 126 valence electrons. The molecule has 0 bridgehead atoms. The van der Waals surface area contributed by atoms with Crippen LogP contribution in [0.1, 0.15) is 40.5 Å². The number of allylic oxidation sites excluding steroid dienone is 1. The fraction of sp³-hybridized carbons (Fsp3) is 0.750. The lowest BCUT2D eigenvalue weighted by molar-refractivity contribution is -0.121. The molecule has 0 spiro atoms. The van der Waals surface area contributed by atoms with Gasteiger partial charge in [-0.2, -0.15) is 0 Å². The summed E-state index contributed by atoms with van der Waals surface area (Å²) in [6.07, 6.45) is 3.51. The molecule has 0 aromatic carbocycles. The number of aliphatic hydroxyl groups excluding tert-OH is 1. The summed E-state index contributed by atoms with van der Waals surface area (Å²) in [6, 6.07) is -1.05. The summed E-state index contributed by atoms with van der Waals surface area (Å²) >= 11 is 0. The van der Waals surface area contributed by atoms with Crippen LogP contribution in [0.2, 0.25) is 0 Å². The second kappa shape index (κ2) is 8.17. The molecule has 22 heavy (non-hydrogen) atoms. The Balaban J connectivity index is 3.15. The van der Waals surface area contributed by atoms with Gasteiger partial charge in [-0.1, -0.05) is 32.4 Å². The van der Waals surface area contributed by atoms with Gasteiger partial charge >= 0.3 is 6.09 Å². The second-order valence-electron chi connectivity index (χ2n) is 6.05. The molecule has 3 N–H and O–H groups in total. The van der Waals surface area contributed by atoms with E-state index in [0.717, 1.165) is 6.42 Å². The van der Waals surface area contributed by atoms with E-state index in [0.29, 0.717) is 13.0 Å². The Kier molecular flexibility index (Phi) is 6.87. The molecule has 6 nitrogen and oxygen atoms in total. The Morgan fingerprint density at radius 2 is 2.09 bits per heavy atom. The number of carbonyl (C=O) groups excluding carboxylic acids is 1. The molecule has 1 fully saturated rings. The van der Waals surface area contributed by atoms with Crippen LogP contribution in [0, 0.1) is 11.8 Å². The number of nitrogens with zero attached hydrogens (tertiary/aromatic N) is 1. The smallest absolute Gasteiger partial charge is 0.407 e. The number of carbonyl (C=O) groups is 2. The third-order valence-corrected chi connectivity index (χ3v) is 4.52. The van der Waals surface area contributed by atoms with Crippen LogP contribution in [0.3, 0.4) is 0 Å². The van der Waals surface area contributed by atoms with Crippen molar-refractivity contribution in [3.8, 4) is 0 Å². The third kappa shape index (κ3) is 4.22. The fourth-order valence-corrected chi connectivity index (χ4v) is 3.18. The van der Waals surface area contributed by atoms with E-state index in [2.05, 4.69) is 5.32 Å². The van der Waals surface area contributed by atoms with E-state index in [9.17, 15) is 19.8 Å². The zero-order valence-corrected chi connectivity index (χ0v) is 13.8. The van der Waals surface area contributed by atoms with E-state index in [1.54, 1.807) is 0 Å². The van der Waals surface area contributed by atoms with Crippen molar-refractivity contribution in [2.24, 2.45) is 11.8 Å². The number of amides is 2. The maximum Gasteiger partial charge on any atom is 0.407 e. The molecule has 1 rings (SSSR count). The normalized spacial score (nSPS) is 26.0.